The number of aromatic nitrogens is 3. The van der Waals surface area contributed by atoms with Gasteiger partial charge in [0.05, 0.1) is 0 Å². The Morgan fingerprint density at radius 1 is 1.24 bits per heavy atom. The van der Waals surface area contributed by atoms with Crippen LogP contribution in [0.25, 0.3) is 10.3 Å². The highest BCUT2D eigenvalue weighted by Crippen LogP contribution is 2.29. The second-order valence-electron chi connectivity index (χ2n) is 8.65. The molecule has 1 aliphatic rings. The molecule has 1 fully saturated rings. The number of fused-ring (bicyclic) bond motifs is 1. The Kier molecular flexibility index (Phi) is 6.64. The Balaban J connectivity index is 1.73. The smallest absolute Gasteiger partial charge is 0.333 e. The van der Waals surface area contributed by atoms with E-state index in [2.05, 4.69) is 22.1 Å². The molecule has 0 saturated carbocycles. The molecule has 8 nitrogen and oxygen atoms in total. The molecule has 0 bridgehead atoms. The topological polar surface area (TPSA) is 89.2 Å². The van der Waals surface area contributed by atoms with Gasteiger partial charge in [0.2, 0.25) is 5.91 Å². The average Bonchev–Trinajstić information content (AvgIpc) is 3.23. The first-order chi connectivity index (χ1) is 15.8. The number of thiazole rings is 1. The minimum atomic E-state index is -0.565. The van der Waals surface area contributed by atoms with E-state index in [4.69, 9.17) is 0 Å². The monoisotopic (exact) mass is 473 g/mol. The molecule has 33 heavy (non-hydrogen) atoms. The van der Waals surface area contributed by atoms with Gasteiger partial charge in [-0.05, 0) is 49.8 Å². The lowest BCUT2D eigenvalue weighted by molar-refractivity contribution is -0.116. The van der Waals surface area contributed by atoms with E-state index in [-0.39, 0.29) is 24.3 Å². The minimum Gasteiger partial charge on any atom is -0.348 e. The van der Waals surface area contributed by atoms with Gasteiger partial charge in [0.1, 0.15) is 17.1 Å². The third-order valence-electron chi connectivity index (χ3n) is 6.03. The van der Waals surface area contributed by atoms with Gasteiger partial charge in [-0.3, -0.25) is 18.7 Å². The van der Waals surface area contributed by atoms with Crippen LogP contribution in [-0.4, -0.2) is 33.1 Å². The number of halogens is 1. The highest BCUT2D eigenvalue weighted by Gasteiger charge is 2.24. The van der Waals surface area contributed by atoms with Crippen LogP contribution in [-0.2, 0) is 17.9 Å². The number of amides is 1. The molecule has 0 aliphatic carbocycles. The molecular formula is C23H28FN5O3S. The molecule has 0 unspecified atom stereocenters. The number of piperidine rings is 1. The number of nitrogens with zero attached hydrogens (tertiary/aromatic N) is 4. The zero-order valence-electron chi connectivity index (χ0n) is 19.1. The van der Waals surface area contributed by atoms with Gasteiger partial charge < -0.3 is 10.2 Å². The van der Waals surface area contributed by atoms with E-state index >= 15 is 0 Å². The number of nitrogens with one attached hydrogen (secondary N) is 1. The van der Waals surface area contributed by atoms with E-state index in [1.165, 1.54) is 32.6 Å². The van der Waals surface area contributed by atoms with E-state index in [1.54, 1.807) is 13.0 Å². The van der Waals surface area contributed by atoms with Crippen molar-refractivity contribution in [1.29, 1.82) is 0 Å². The molecule has 0 radical (unpaired) electrons. The van der Waals surface area contributed by atoms with Gasteiger partial charge in [-0.25, -0.2) is 14.2 Å². The second-order valence-corrected chi connectivity index (χ2v) is 9.63. The number of anilines is 2. The maximum absolute atomic E-state index is 13.6. The third-order valence-corrected chi connectivity index (χ3v) is 7.13. The molecule has 2 aromatic heterocycles. The summed E-state index contributed by atoms with van der Waals surface area (Å²) in [5.74, 6) is -0.312. The van der Waals surface area contributed by atoms with E-state index in [0.29, 0.717) is 33.4 Å². The molecule has 1 aliphatic heterocycles. The first-order valence-corrected chi connectivity index (χ1v) is 12.0. The van der Waals surface area contributed by atoms with Crippen LogP contribution in [0.1, 0.15) is 38.7 Å². The summed E-state index contributed by atoms with van der Waals surface area (Å²) in [6, 6.07) is 4.13. The van der Waals surface area contributed by atoms with Crippen molar-refractivity contribution in [2.75, 3.05) is 23.3 Å². The Bertz CT molecular complexity index is 1300. The van der Waals surface area contributed by atoms with Crippen LogP contribution in [0, 0.1) is 18.7 Å². The lowest BCUT2D eigenvalue weighted by atomic mass is 10.00. The highest BCUT2D eigenvalue weighted by molar-refractivity contribution is 7.22. The van der Waals surface area contributed by atoms with Crippen LogP contribution in [0.3, 0.4) is 0 Å². The summed E-state index contributed by atoms with van der Waals surface area (Å²) in [4.78, 5) is 45.8. The van der Waals surface area contributed by atoms with Crippen LogP contribution in [0.2, 0.25) is 0 Å². The molecule has 1 amide bonds. The molecule has 3 aromatic rings. The number of hydrogen-bond acceptors (Lipinski definition) is 6. The van der Waals surface area contributed by atoms with Crippen LogP contribution >= 0.6 is 11.3 Å². The number of hydrogen-bond donors (Lipinski definition) is 1. The largest absolute Gasteiger partial charge is 0.348 e. The van der Waals surface area contributed by atoms with E-state index in [1.807, 2.05) is 6.92 Å². The summed E-state index contributed by atoms with van der Waals surface area (Å²) in [7, 11) is 0. The molecule has 1 aromatic carbocycles. The van der Waals surface area contributed by atoms with Crippen LogP contribution in [0.15, 0.2) is 27.8 Å². The summed E-state index contributed by atoms with van der Waals surface area (Å²) >= 11 is 1.27. The molecule has 3 heterocycles. The fourth-order valence-corrected chi connectivity index (χ4v) is 5.10. The summed E-state index contributed by atoms with van der Waals surface area (Å²) in [5, 5.41) is 3.36. The Labute approximate surface area is 194 Å². The normalized spacial score (nSPS) is 14.7. The lowest BCUT2D eigenvalue weighted by Crippen LogP contribution is -2.41. The van der Waals surface area contributed by atoms with Crippen LogP contribution in [0.4, 0.5) is 15.2 Å². The number of benzene rings is 1. The molecule has 176 valence electrons. The second kappa shape index (κ2) is 9.46. The first-order valence-electron chi connectivity index (χ1n) is 11.2. The summed E-state index contributed by atoms with van der Waals surface area (Å²) < 4.78 is 16.4. The van der Waals surface area contributed by atoms with Gasteiger partial charge >= 0.3 is 5.69 Å². The summed E-state index contributed by atoms with van der Waals surface area (Å²) in [6.07, 6.45) is 2.68. The lowest BCUT2D eigenvalue weighted by Gasteiger charge is -2.29. The summed E-state index contributed by atoms with van der Waals surface area (Å²) in [5.41, 5.74) is 0.330. The minimum absolute atomic E-state index is 0.224. The van der Waals surface area contributed by atoms with Gasteiger partial charge in [-0.2, -0.15) is 0 Å². The number of carbonyl (C=O) groups excluding carboxylic acids is 1. The molecule has 4 rings (SSSR count). The Hall–Kier alpha value is -3.01. The van der Waals surface area contributed by atoms with Gasteiger partial charge in [0.15, 0.2) is 10.8 Å². The van der Waals surface area contributed by atoms with Crippen molar-refractivity contribution in [3.63, 3.8) is 0 Å². The van der Waals surface area contributed by atoms with Gasteiger partial charge in [0, 0.05) is 25.3 Å². The van der Waals surface area contributed by atoms with Gasteiger partial charge in [-0.1, -0.05) is 31.3 Å². The van der Waals surface area contributed by atoms with Crippen LogP contribution < -0.4 is 21.5 Å². The number of carbonyl (C=O) groups is 1. The molecule has 1 N–H and O–H groups in total. The zero-order valence-corrected chi connectivity index (χ0v) is 19.9. The number of aryl methyl sites for hydroxylation is 1. The van der Waals surface area contributed by atoms with Crippen molar-refractivity contribution in [2.24, 2.45) is 5.92 Å². The van der Waals surface area contributed by atoms with Crippen molar-refractivity contribution in [1.82, 2.24) is 14.1 Å². The molecule has 1 saturated heterocycles. The van der Waals surface area contributed by atoms with Crippen molar-refractivity contribution < 1.29 is 9.18 Å². The maximum Gasteiger partial charge on any atom is 0.333 e. The summed E-state index contributed by atoms with van der Waals surface area (Å²) in [6.45, 7) is 7.47. The third kappa shape index (κ3) is 4.71. The Morgan fingerprint density at radius 3 is 2.67 bits per heavy atom. The highest BCUT2D eigenvalue weighted by atomic mass is 32.1. The Morgan fingerprint density at radius 2 is 1.97 bits per heavy atom. The van der Waals surface area contributed by atoms with Crippen molar-refractivity contribution >= 4 is 38.4 Å². The molecule has 0 spiro atoms. The van der Waals surface area contributed by atoms with E-state index < -0.39 is 17.4 Å². The zero-order chi connectivity index (χ0) is 23.7. The SMILES string of the molecule is CCCn1c(=O)c2sc(N3CCC(C)CC3)nc2n(CC(=O)Nc2cc(F)ccc2C)c1=O. The fraction of sp³-hybridized carbons (Fsp3) is 0.478. The van der Waals surface area contributed by atoms with Crippen molar-refractivity contribution in [2.45, 2.75) is 53.1 Å². The average molecular weight is 474 g/mol. The molecule has 0 atom stereocenters. The van der Waals surface area contributed by atoms with E-state index in [9.17, 15) is 18.8 Å². The van der Waals surface area contributed by atoms with Gasteiger partial charge in [0.25, 0.3) is 5.56 Å². The molecular weight excluding hydrogens is 445 g/mol. The predicted molar refractivity (Wildman–Crippen MR) is 129 cm³/mol. The molecule has 10 heteroatoms. The number of rotatable bonds is 6. The van der Waals surface area contributed by atoms with Crippen molar-refractivity contribution in [3.8, 4) is 0 Å². The maximum atomic E-state index is 13.6. The van der Waals surface area contributed by atoms with Crippen LogP contribution in [0.5, 0.6) is 0 Å². The van der Waals surface area contributed by atoms with E-state index in [0.717, 1.165) is 25.9 Å². The predicted octanol–water partition coefficient (Wildman–Crippen LogP) is 3.35. The van der Waals surface area contributed by atoms with Crippen molar-refractivity contribution in [3.05, 3.63) is 50.4 Å². The standard InChI is InChI=1S/C23H28FN5O3S/c1-4-9-28-21(31)19-20(26-22(33-19)27-10-7-14(2)8-11-27)29(23(28)32)13-18(30)25-17-12-16(24)6-5-15(17)3/h5-6,12,14H,4,7-11,13H2,1-3H3,(H,25,30). The van der Waals surface area contributed by atoms with Gasteiger partial charge in [-0.15, -0.1) is 0 Å². The fourth-order valence-electron chi connectivity index (χ4n) is 4.03. The quantitative estimate of drug-likeness (QED) is 0.593. The first kappa shape index (κ1) is 23.2.